The van der Waals surface area contributed by atoms with Crippen LogP contribution in [0.1, 0.15) is 4.88 Å². The highest BCUT2D eigenvalue weighted by Gasteiger charge is 2.17. The van der Waals surface area contributed by atoms with E-state index in [1.54, 1.807) is 30.3 Å². The summed E-state index contributed by atoms with van der Waals surface area (Å²) in [6.07, 6.45) is 0. The topological polar surface area (TPSA) is 72.2 Å². The average Bonchev–Trinajstić information content (AvgIpc) is 2.97. The zero-order chi connectivity index (χ0) is 14.9. The first-order valence-electron chi connectivity index (χ1n) is 6.36. The van der Waals surface area contributed by atoms with Crippen molar-refractivity contribution < 1.29 is 8.42 Å². The van der Waals surface area contributed by atoms with Crippen molar-refractivity contribution in [2.24, 2.45) is 0 Å². The Bertz CT molecular complexity index is 872. The predicted molar refractivity (Wildman–Crippen MR) is 86.7 cm³/mol. The summed E-state index contributed by atoms with van der Waals surface area (Å²) in [5, 5.41) is 3.41. The fraction of sp³-hybridized carbons (Fsp3) is 0.0667. The SMILES string of the molecule is Nc1ccc2c(S(=O)(=O)NCc3cccs3)cccc2c1. The molecule has 108 valence electrons. The van der Waals surface area contributed by atoms with Gasteiger partial charge in [-0.15, -0.1) is 11.3 Å². The van der Waals surface area contributed by atoms with Gasteiger partial charge in [-0.2, -0.15) is 0 Å². The fourth-order valence-electron chi connectivity index (χ4n) is 2.16. The van der Waals surface area contributed by atoms with E-state index >= 15 is 0 Å². The van der Waals surface area contributed by atoms with Crippen LogP contribution in [-0.4, -0.2) is 8.42 Å². The molecule has 0 saturated carbocycles. The molecule has 0 spiro atoms. The van der Waals surface area contributed by atoms with E-state index in [1.807, 2.05) is 23.6 Å². The van der Waals surface area contributed by atoms with Crippen LogP contribution in [-0.2, 0) is 16.6 Å². The number of hydrogen-bond donors (Lipinski definition) is 2. The van der Waals surface area contributed by atoms with E-state index in [-0.39, 0.29) is 4.90 Å². The van der Waals surface area contributed by atoms with Gasteiger partial charge in [-0.1, -0.05) is 24.3 Å². The van der Waals surface area contributed by atoms with Gasteiger partial charge in [-0.3, -0.25) is 0 Å². The highest BCUT2D eigenvalue weighted by Crippen LogP contribution is 2.25. The fourth-order valence-corrected chi connectivity index (χ4v) is 4.13. The molecule has 21 heavy (non-hydrogen) atoms. The molecule has 0 saturated heterocycles. The largest absolute Gasteiger partial charge is 0.399 e. The number of nitrogens with two attached hydrogens (primary N) is 1. The van der Waals surface area contributed by atoms with Crippen molar-refractivity contribution in [3.63, 3.8) is 0 Å². The maximum Gasteiger partial charge on any atom is 0.241 e. The molecule has 0 fully saturated rings. The first kappa shape index (κ1) is 14.1. The van der Waals surface area contributed by atoms with Crippen LogP contribution in [0.2, 0.25) is 0 Å². The monoisotopic (exact) mass is 318 g/mol. The molecule has 0 aliphatic heterocycles. The number of nitrogen functional groups attached to an aromatic ring is 1. The number of thiophene rings is 1. The zero-order valence-corrected chi connectivity index (χ0v) is 12.7. The van der Waals surface area contributed by atoms with Gasteiger partial charge in [0.15, 0.2) is 0 Å². The summed E-state index contributed by atoms with van der Waals surface area (Å²) in [5.74, 6) is 0. The number of anilines is 1. The second-order valence-electron chi connectivity index (χ2n) is 4.64. The van der Waals surface area contributed by atoms with Crippen molar-refractivity contribution in [3.05, 3.63) is 58.8 Å². The smallest absolute Gasteiger partial charge is 0.241 e. The summed E-state index contributed by atoms with van der Waals surface area (Å²) >= 11 is 1.52. The summed E-state index contributed by atoms with van der Waals surface area (Å²) in [6.45, 7) is 0.297. The maximum absolute atomic E-state index is 12.5. The van der Waals surface area contributed by atoms with E-state index < -0.39 is 10.0 Å². The van der Waals surface area contributed by atoms with E-state index in [0.29, 0.717) is 17.6 Å². The van der Waals surface area contributed by atoms with Gasteiger partial charge in [0, 0.05) is 22.5 Å². The van der Waals surface area contributed by atoms with E-state index in [2.05, 4.69) is 4.72 Å². The molecule has 0 amide bonds. The van der Waals surface area contributed by atoms with Crippen molar-refractivity contribution in [1.29, 1.82) is 0 Å². The molecule has 2 aromatic carbocycles. The standard InChI is InChI=1S/C15H14N2O2S2/c16-12-6-7-14-11(9-12)3-1-5-15(14)21(18,19)17-10-13-4-2-8-20-13/h1-9,17H,10,16H2. The van der Waals surface area contributed by atoms with Crippen LogP contribution in [0.4, 0.5) is 5.69 Å². The van der Waals surface area contributed by atoms with Gasteiger partial charge in [0.1, 0.15) is 0 Å². The van der Waals surface area contributed by atoms with E-state index in [1.165, 1.54) is 11.3 Å². The van der Waals surface area contributed by atoms with E-state index in [0.717, 1.165) is 10.3 Å². The molecule has 0 atom stereocenters. The molecule has 3 rings (SSSR count). The number of benzene rings is 2. The van der Waals surface area contributed by atoms with Gasteiger partial charge in [0.25, 0.3) is 0 Å². The lowest BCUT2D eigenvalue weighted by Gasteiger charge is -2.09. The normalized spacial score (nSPS) is 11.8. The van der Waals surface area contributed by atoms with Gasteiger partial charge in [-0.25, -0.2) is 13.1 Å². The molecular weight excluding hydrogens is 304 g/mol. The molecule has 1 heterocycles. The first-order chi connectivity index (χ1) is 10.1. The van der Waals surface area contributed by atoms with Crippen molar-refractivity contribution in [2.75, 3.05) is 5.73 Å². The van der Waals surface area contributed by atoms with Crippen LogP contribution in [0.25, 0.3) is 10.8 Å². The molecule has 1 aromatic heterocycles. The van der Waals surface area contributed by atoms with Crippen LogP contribution < -0.4 is 10.5 Å². The van der Waals surface area contributed by atoms with Crippen molar-refractivity contribution in [3.8, 4) is 0 Å². The third kappa shape index (κ3) is 2.92. The molecule has 3 aromatic rings. The highest BCUT2D eigenvalue weighted by atomic mass is 32.2. The Balaban J connectivity index is 1.98. The Morgan fingerprint density at radius 2 is 1.95 bits per heavy atom. The minimum atomic E-state index is -3.56. The highest BCUT2D eigenvalue weighted by molar-refractivity contribution is 7.89. The van der Waals surface area contributed by atoms with Crippen LogP contribution in [0.15, 0.2) is 58.8 Å². The maximum atomic E-state index is 12.5. The number of nitrogens with one attached hydrogen (secondary N) is 1. The molecule has 6 heteroatoms. The Labute approximate surface area is 127 Å². The van der Waals surface area contributed by atoms with Gasteiger partial charge in [0.2, 0.25) is 10.0 Å². The Hall–Kier alpha value is -1.89. The molecule has 0 aliphatic rings. The van der Waals surface area contributed by atoms with Crippen LogP contribution in [0.3, 0.4) is 0 Å². The van der Waals surface area contributed by atoms with E-state index in [9.17, 15) is 8.42 Å². The van der Waals surface area contributed by atoms with Gasteiger partial charge < -0.3 is 5.73 Å². The lowest BCUT2D eigenvalue weighted by molar-refractivity contribution is 0.583. The molecule has 0 radical (unpaired) electrons. The lowest BCUT2D eigenvalue weighted by Crippen LogP contribution is -2.23. The minimum absolute atomic E-state index is 0.275. The molecular formula is C15H14N2O2S2. The van der Waals surface area contributed by atoms with Crippen molar-refractivity contribution >= 4 is 37.8 Å². The summed E-state index contributed by atoms with van der Waals surface area (Å²) in [4.78, 5) is 1.25. The van der Waals surface area contributed by atoms with Gasteiger partial charge >= 0.3 is 0 Å². The summed E-state index contributed by atoms with van der Waals surface area (Å²) < 4.78 is 27.6. The molecule has 0 unspecified atom stereocenters. The third-order valence-corrected chi connectivity index (χ3v) is 5.51. The zero-order valence-electron chi connectivity index (χ0n) is 11.1. The number of fused-ring (bicyclic) bond motifs is 1. The lowest BCUT2D eigenvalue weighted by atomic mass is 10.1. The van der Waals surface area contributed by atoms with Gasteiger partial charge in [-0.05, 0) is 35.0 Å². The van der Waals surface area contributed by atoms with Crippen LogP contribution >= 0.6 is 11.3 Å². The average molecular weight is 318 g/mol. The third-order valence-electron chi connectivity index (χ3n) is 3.17. The van der Waals surface area contributed by atoms with E-state index in [4.69, 9.17) is 5.73 Å². The Morgan fingerprint density at radius 3 is 2.71 bits per heavy atom. The van der Waals surface area contributed by atoms with Crippen molar-refractivity contribution in [2.45, 2.75) is 11.4 Å². The number of rotatable bonds is 4. The summed E-state index contributed by atoms with van der Waals surface area (Å²) in [7, 11) is -3.56. The summed E-state index contributed by atoms with van der Waals surface area (Å²) in [5.41, 5.74) is 6.36. The molecule has 3 N–H and O–H groups in total. The number of hydrogen-bond acceptors (Lipinski definition) is 4. The molecule has 0 aliphatic carbocycles. The molecule has 0 bridgehead atoms. The molecule has 4 nitrogen and oxygen atoms in total. The second kappa shape index (κ2) is 5.48. The Kier molecular flexibility index (Phi) is 3.67. The predicted octanol–water partition coefficient (Wildman–Crippen LogP) is 2.96. The van der Waals surface area contributed by atoms with Gasteiger partial charge in [0.05, 0.1) is 4.90 Å². The Morgan fingerprint density at radius 1 is 1.10 bits per heavy atom. The van der Waals surface area contributed by atoms with Crippen molar-refractivity contribution in [1.82, 2.24) is 4.72 Å². The summed E-state index contributed by atoms with van der Waals surface area (Å²) in [6, 6.07) is 14.2. The van der Waals surface area contributed by atoms with Crippen LogP contribution in [0, 0.1) is 0 Å². The second-order valence-corrected chi connectivity index (χ2v) is 7.41. The number of sulfonamides is 1. The quantitative estimate of drug-likeness (QED) is 0.726. The minimum Gasteiger partial charge on any atom is -0.399 e. The van der Waals surface area contributed by atoms with Crippen LogP contribution in [0.5, 0.6) is 0 Å². The first-order valence-corrected chi connectivity index (χ1v) is 8.73.